The minimum absolute atomic E-state index is 0.162. The lowest BCUT2D eigenvalue weighted by Gasteiger charge is -2.00. The van der Waals surface area contributed by atoms with Gasteiger partial charge in [-0.2, -0.15) is 13.2 Å². The Morgan fingerprint density at radius 3 is 2.35 bits per heavy atom. The smallest absolute Gasteiger partial charge is 0.234 e. The van der Waals surface area contributed by atoms with Gasteiger partial charge in [-0.05, 0) is 11.4 Å². The Bertz CT molecular complexity index is 702. The molecule has 0 N–H and O–H groups in total. The Balaban J connectivity index is 1.90. The van der Waals surface area contributed by atoms with E-state index in [2.05, 4.69) is 15.0 Å². The van der Waals surface area contributed by atoms with Crippen LogP contribution >= 0.6 is 22.7 Å². The second-order valence-electron chi connectivity index (χ2n) is 3.81. The first-order chi connectivity index (χ1) is 9.54. The highest BCUT2D eigenvalue weighted by atomic mass is 32.1. The lowest BCUT2D eigenvalue weighted by Crippen LogP contribution is -2.05. The van der Waals surface area contributed by atoms with Crippen LogP contribution in [0.5, 0.6) is 0 Å². The normalized spacial score (nSPS) is 11.8. The molecule has 3 aromatic heterocycles. The number of thiazole rings is 1. The molecule has 3 nitrogen and oxygen atoms in total. The maximum Gasteiger partial charge on any atom is 0.434 e. The molecule has 0 saturated heterocycles. The topological polar surface area (TPSA) is 38.7 Å². The number of hydrogen-bond donors (Lipinski definition) is 0. The second-order valence-corrected chi connectivity index (χ2v) is 5.61. The molecule has 102 valence electrons. The van der Waals surface area contributed by atoms with Crippen LogP contribution in [0.3, 0.4) is 0 Å². The van der Waals surface area contributed by atoms with Crippen molar-refractivity contribution in [2.75, 3.05) is 0 Å². The van der Waals surface area contributed by atoms with Gasteiger partial charge in [-0.1, -0.05) is 6.07 Å². The SMILES string of the molecule is FC(F)(F)c1csc(-c2ncc(-c3cccs3)cn2)n1. The van der Waals surface area contributed by atoms with E-state index in [9.17, 15) is 13.2 Å². The Hall–Kier alpha value is -1.80. The van der Waals surface area contributed by atoms with Crippen molar-refractivity contribution in [2.24, 2.45) is 0 Å². The van der Waals surface area contributed by atoms with Gasteiger partial charge in [-0.3, -0.25) is 0 Å². The van der Waals surface area contributed by atoms with Crippen molar-refractivity contribution >= 4 is 22.7 Å². The van der Waals surface area contributed by atoms with Crippen molar-refractivity contribution < 1.29 is 13.2 Å². The van der Waals surface area contributed by atoms with Gasteiger partial charge in [0, 0.05) is 28.2 Å². The first-order valence-corrected chi connectivity index (χ1v) is 7.19. The van der Waals surface area contributed by atoms with Gasteiger partial charge in [0.05, 0.1) is 0 Å². The fourth-order valence-corrected chi connectivity index (χ4v) is 2.99. The summed E-state index contributed by atoms with van der Waals surface area (Å²) >= 11 is 2.42. The Morgan fingerprint density at radius 2 is 1.80 bits per heavy atom. The van der Waals surface area contributed by atoms with Crippen LogP contribution in [0, 0.1) is 0 Å². The Kier molecular flexibility index (Phi) is 3.27. The summed E-state index contributed by atoms with van der Waals surface area (Å²) in [5.74, 6) is 0.200. The van der Waals surface area contributed by atoms with Crippen LogP contribution in [0.15, 0.2) is 35.3 Å². The first-order valence-electron chi connectivity index (χ1n) is 5.43. The first kappa shape index (κ1) is 13.2. The lowest BCUT2D eigenvalue weighted by atomic mass is 10.3. The third-order valence-corrected chi connectivity index (χ3v) is 4.20. The van der Waals surface area contributed by atoms with Crippen LogP contribution in [-0.2, 0) is 6.18 Å². The maximum absolute atomic E-state index is 12.5. The van der Waals surface area contributed by atoms with Crippen LogP contribution in [0.25, 0.3) is 21.3 Å². The van der Waals surface area contributed by atoms with E-state index < -0.39 is 11.9 Å². The Labute approximate surface area is 119 Å². The number of nitrogens with zero attached hydrogens (tertiary/aromatic N) is 3. The number of aromatic nitrogens is 3. The predicted molar refractivity (Wildman–Crippen MR) is 71.5 cm³/mol. The van der Waals surface area contributed by atoms with E-state index in [4.69, 9.17) is 0 Å². The molecule has 3 rings (SSSR count). The molecule has 0 aliphatic carbocycles. The summed E-state index contributed by atoms with van der Waals surface area (Å²) in [6, 6.07) is 3.83. The summed E-state index contributed by atoms with van der Waals surface area (Å²) in [6.45, 7) is 0. The molecule has 0 spiro atoms. The molecule has 0 aliphatic heterocycles. The van der Waals surface area contributed by atoms with Gasteiger partial charge < -0.3 is 0 Å². The van der Waals surface area contributed by atoms with Gasteiger partial charge in [0.1, 0.15) is 0 Å². The van der Waals surface area contributed by atoms with Gasteiger partial charge in [0.2, 0.25) is 0 Å². The van der Waals surface area contributed by atoms with Crippen LogP contribution in [0.4, 0.5) is 13.2 Å². The highest BCUT2D eigenvalue weighted by Crippen LogP contribution is 2.32. The van der Waals surface area contributed by atoms with Crippen LogP contribution in [-0.4, -0.2) is 15.0 Å². The molecular formula is C12H6F3N3S2. The molecule has 0 aromatic carbocycles. The molecular weight excluding hydrogens is 307 g/mol. The molecule has 0 amide bonds. The largest absolute Gasteiger partial charge is 0.434 e. The van der Waals surface area contributed by atoms with Crippen molar-refractivity contribution in [3.05, 3.63) is 41.0 Å². The van der Waals surface area contributed by atoms with Crippen LogP contribution in [0.1, 0.15) is 5.69 Å². The summed E-state index contributed by atoms with van der Waals surface area (Å²) in [7, 11) is 0. The average molecular weight is 313 g/mol. The van der Waals surface area contributed by atoms with E-state index in [0.717, 1.165) is 27.2 Å². The van der Waals surface area contributed by atoms with Crippen LogP contribution in [0.2, 0.25) is 0 Å². The van der Waals surface area contributed by atoms with E-state index in [-0.39, 0.29) is 10.8 Å². The van der Waals surface area contributed by atoms with Crippen molar-refractivity contribution in [3.8, 4) is 21.3 Å². The highest BCUT2D eigenvalue weighted by molar-refractivity contribution is 7.13. The number of halogens is 3. The fourth-order valence-electron chi connectivity index (χ4n) is 1.52. The molecule has 0 saturated carbocycles. The third-order valence-electron chi connectivity index (χ3n) is 2.44. The van der Waals surface area contributed by atoms with Crippen molar-refractivity contribution in [2.45, 2.75) is 6.18 Å². The standard InChI is InChI=1S/C12H6F3N3S2/c13-12(14,15)9-6-20-11(18-9)10-16-4-7(5-17-10)8-2-1-3-19-8/h1-6H. The van der Waals surface area contributed by atoms with E-state index >= 15 is 0 Å². The van der Waals surface area contributed by atoms with Gasteiger partial charge in [-0.15, -0.1) is 22.7 Å². The van der Waals surface area contributed by atoms with Crippen LogP contribution < -0.4 is 0 Å². The molecule has 8 heteroatoms. The van der Waals surface area contributed by atoms with Gasteiger partial charge >= 0.3 is 6.18 Å². The zero-order chi connectivity index (χ0) is 14.2. The zero-order valence-corrected chi connectivity index (χ0v) is 11.4. The fraction of sp³-hybridized carbons (Fsp3) is 0.0833. The minimum Gasteiger partial charge on any atom is -0.234 e. The maximum atomic E-state index is 12.5. The summed E-state index contributed by atoms with van der Waals surface area (Å²) in [4.78, 5) is 12.7. The summed E-state index contributed by atoms with van der Waals surface area (Å²) in [5.41, 5.74) is -0.0835. The van der Waals surface area contributed by atoms with Crippen molar-refractivity contribution in [1.82, 2.24) is 15.0 Å². The van der Waals surface area contributed by atoms with Gasteiger partial charge in [0.25, 0.3) is 0 Å². The number of rotatable bonds is 2. The molecule has 0 aliphatic rings. The summed E-state index contributed by atoms with van der Waals surface area (Å²) < 4.78 is 37.4. The lowest BCUT2D eigenvalue weighted by molar-refractivity contribution is -0.140. The molecule has 0 bridgehead atoms. The van der Waals surface area contributed by atoms with E-state index in [1.165, 1.54) is 0 Å². The average Bonchev–Trinajstić information content (AvgIpc) is 3.10. The highest BCUT2D eigenvalue weighted by Gasteiger charge is 2.34. The monoisotopic (exact) mass is 313 g/mol. The molecule has 0 unspecified atom stereocenters. The molecule has 3 aromatic rings. The van der Waals surface area contributed by atoms with Crippen molar-refractivity contribution in [3.63, 3.8) is 0 Å². The third kappa shape index (κ3) is 2.56. The molecule has 0 atom stereocenters. The number of hydrogen-bond acceptors (Lipinski definition) is 5. The molecule has 3 heterocycles. The van der Waals surface area contributed by atoms with E-state index in [1.807, 2.05) is 17.5 Å². The van der Waals surface area contributed by atoms with Gasteiger partial charge in [0.15, 0.2) is 16.5 Å². The molecule has 20 heavy (non-hydrogen) atoms. The number of alkyl halides is 3. The van der Waals surface area contributed by atoms with E-state index in [0.29, 0.717) is 0 Å². The zero-order valence-electron chi connectivity index (χ0n) is 9.76. The predicted octanol–water partition coefficient (Wildman–Crippen LogP) is 4.35. The molecule has 0 fully saturated rings. The number of thiophene rings is 1. The summed E-state index contributed by atoms with van der Waals surface area (Å²) in [5, 5.41) is 3.06. The minimum atomic E-state index is -4.44. The van der Waals surface area contributed by atoms with Gasteiger partial charge in [-0.25, -0.2) is 15.0 Å². The summed E-state index contributed by atoms with van der Waals surface area (Å²) in [6.07, 6.45) is -1.27. The van der Waals surface area contributed by atoms with E-state index in [1.54, 1.807) is 23.7 Å². The Morgan fingerprint density at radius 1 is 1.05 bits per heavy atom. The quantitative estimate of drug-likeness (QED) is 0.706. The molecule has 0 radical (unpaired) electrons. The van der Waals surface area contributed by atoms with Crippen molar-refractivity contribution in [1.29, 1.82) is 0 Å². The second kappa shape index (κ2) is 4.95.